The van der Waals surface area contributed by atoms with Crippen LogP contribution in [0, 0.1) is 5.82 Å². The zero-order valence-corrected chi connectivity index (χ0v) is 20.8. The van der Waals surface area contributed by atoms with Crippen LogP contribution in [0.3, 0.4) is 0 Å². The summed E-state index contributed by atoms with van der Waals surface area (Å²) in [5.41, 5.74) is 3.53. The minimum atomic E-state index is -1.35. The Labute approximate surface area is 213 Å². The SMILES string of the molecule is C=C(/C=C\C(C)=NC)CNc1ncnc2c(OCC(=O)[O-])cc(-c3ccc(F)cc3)cc12.[Na+]. The van der Waals surface area contributed by atoms with Crippen LogP contribution in [0.5, 0.6) is 5.75 Å². The predicted molar refractivity (Wildman–Crippen MR) is 121 cm³/mol. The number of carboxylic acids is 1. The molecule has 1 aromatic heterocycles. The molecular weight excluding hydrogens is 434 g/mol. The molecule has 9 heteroatoms. The van der Waals surface area contributed by atoms with Gasteiger partial charge in [-0.05, 0) is 54.0 Å². The number of carbonyl (C=O) groups is 1. The maximum Gasteiger partial charge on any atom is 1.00 e. The van der Waals surface area contributed by atoms with Gasteiger partial charge in [-0.3, -0.25) is 4.99 Å². The van der Waals surface area contributed by atoms with E-state index in [0.29, 0.717) is 28.8 Å². The van der Waals surface area contributed by atoms with Crippen LogP contribution in [0.4, 0.5) is 10.2 Å². The number of hydrogen-bond acceptors (Lipinski definition) is 7. The molecule has 0 aliphatic rings. The Morgan fingerprint density at radius 1 is 1.21 bits per heavy atom. The van der Waals surface area contributed by atoms with Crippen molar-refractivity contribution in [1.29, 1.82) is 0 Å². The van der Waals surface area contributed by atoms with Gasteiger partial charge in [-0.1, -0.05) is 24.8 Å². The van der Waals surface area contributed by atoms with Crippen molar-refractivity contribution in [1.82, 2.24) is 9.97 Å². The van der Waals surface area contributed by atoms with E-state index in [-0.39, 0.29) is 41.1 Å². The van der Waals surface area contributed by atoms with Crippen molar-refractivity contribution in [2.75, 3.05) is 25.5 Å². The number of benzene rings is 2. The number of ether oxygens (including phenoxy) is 1. The van der Waals surface area contributed by atoms with Crippen molar-refractivity contribution in [2.24, 2.45) is 4.99 Å². The third-order valence-corrected chi connectivity index (χ3v) is 4.62. The number of carbonyl (C=O) groups excluding carboxylic acids is 1. The van der Waals surface area contributed by atoms with E-state index in [2.05, 4.69) is 26.9 Å². The number of rotatable bonds is 9. The molecule has 2 aromatic carbocycles. The number of nitrogens with zero attached hydrogens (tertiary/aromatic N) is 3. The van der Waals surface area contributed by atoms with Crippen LogP contribution in [0.25, 0.3) is 22.0 Å². The van der Waals surface area contributed by atoms with Gasteiger partial charge in [0.15, 0.2) is 0 Å². The van der Waals surface area contributed by atoms with Crippen LogP contribution in [0.1, 0.15) is 6.92 Å². The summed E-state index contributed by atoms with van der Waals surface area (Å²) in [6.45, 7) is 5.69. The number of aliphatic carboxylic acids is 1. The number of carboxylic acid groups (broad SMARTS) is 1. The molecule has 0 aliphatic carbocycles. The molecule has 0 spiro atoms. The number of allylic oxidation sites excluding steroid dienone is 1. The van der Waals surface area contributed by atoms with E-state index in [0.717, 1.165) is 16.8 Å². The third-order valence-electron chi connectivity index (χ3n) is 4.62. The Morgan fingerprint density at radius 2 is 1.94 bits per heavy atom. The van der Waals surface area contributed by atoms with Crippen molar-refractivity contribution in [2.45, 2.75) is 6.92 Å². The molecule has 0 fully saturated rings. The fraction of sp³-hybridized carbons (Fsp3) is 0.167. The summed E-state index contributed by atoms with van der Waals surface area (Å²) in [5, 5.41) is 14.8. The molecule has 33 heavy (non-hydrogen) atoms. The molecule has 0 saturated heterocycles. The summed E-state index contributed by atoms with van der Waals surface area (Å²) in [7, 11) is 1.71. The first-order chi connectivity index (χ1) is 15.4. The minimum absolute atomic E-state index is 0. The second-order valence-corrected chi connectivity index (χ2v) is 6.97. The first-order valence-corrected chi connectivity index (χ1v) is 9.78. The molecule has 0 saturated carbocycles. The van der Waals surface area contributed by atoms with Crippen molar-refractivity contribution in [3.05, 3.63) is 72.8 Å². The standard InChI is InChI=1S/C24H23FN4O3.Na/c1-15(4-5-16(2)26-3)12-27-24-20-10-18(17-6-8-19(25)9-7-17)11-21(32-13-22(30)31)23(20)28-14-29-24;/h4-11,14H,1,12-13H2,2-3H3,(H,30,31)(H,27,28,29);/q;+1/p-1/b5-4-,26-16?;. The largest absolute Gasteiger partial charge is 1.00 e. The van der Waals surface area contributed by atoms with E-state index in [1.165, 1.54) is 18.5 Å². The van der Waals surface area contributed by atoms with E-state index in [9.17, 15) is 14.3 Å². The van der Waals surface area contributed by atoms with E-state index in [1.807, 2.05) is 25.1 Å². The van der Waals surface area contributed by atoms with Gasteiger partial charge in [-0.15, -0.1) is 0 Å². The zero-order valence-electron chi connectivity index (χ0n) is 18.8. The number of halogens is 1. The maximum absolute atomic E-state index is 13.4. The summed E-state index contributed by atoms with van der Waals surface area (Å²) in [6.07, 6.45) is 5.08. The van der Waals surface area contributed by atoms with Crippen molar-refractivity contribution in [3.8, 4) is 16.9 Å². The molecule has 7 nitrogen and oxygen atoms in total. The van der Waals surface area contributed by atoms with Gasteiger partial charge >= 0.3 is 29.6 Å². The van der Waals surface area contributed by atoms with Crippen LogP contribution >= 0.6 is 0 Å². The van der Waals surface area contributed by atoms with Gasteiger partial charge in [-0.25, -0.2) is 14.4 Å². The van der Waals surface area contributed by atoms with Gasteiger partial charge in [0.1, 0.15) is 35.8 Å². The second-order valence-electron chi connectivity index (χ2n) is 6.97. The Morgan fingerprint density at radius 3 is 2.61 bits per heavy atom. The Hall–Kier alpha value is -3.07. The predicted octanol–water partition coefficient (Wildman–Crippen LogP) is 0.184. The summed E-state index contributed by atoms with van der Waals surface area (Å²) in [5.74, 6) is -0.937. The molecule has 0 unspecified atom stereocenters. The molecule has 1 heterocycles. The van der Waals surface area contributed by atoms with Crippen molar-refractivity contribution < 1.29 is 48.6 Å². The van der Waals surface area contributed by atoms with E-state index < -0.39 is 12.6 Å². The zero-order chi connectivity index (χ0) is 23.1. The van der Waals surface area contributed by atoms with Crippen molar-refractivity contribution >= 4 is 28.4 Å². The topological polar surface area (TPSA) is 99.5 Å². The third kappa shape index (κ3) is 7.21. The summed E-state index contributed by atoms with van der Waals surface area (Å²) in [6, 6.07) is 9.44. The van der Waals surface area contributed by atoms with Gasteiger partial charge < -0.3 is 20.0 Å². The fourth-order valence-corrected chi connectivity index (χ4v) is 2.90. The monoisotopic (exact) mass is 456 g/mol. The number of nitrogens with one attached hydrogen (secondary N) is 1. The summed E-state index contributed by atoms with van der Waals surface area (Å²) >= 11 is 0. The number of hydrogen-bond donors (Lipinski definition) is 1. The minimum Gasteiger partial charge on any atom is -0.546 e. The normalized spacial score (nSPS) is 11.3. The van der Waals surface area contributed by atoms with Gasteiger partial charge in [0.05, 0.1) is 5.97 Å². The molecule has 1 N–H and O–H groups in total. The van der Waals surface area contributed by atoms with Gasteiger partial charge in [0, 0.05) is 24.7 Å². The molecule has 3 aromatic rings. The number of aromatic nitrogens is 2. The van der Waals surface area contributed by atoms with Gasteiger partial charge in [0.2, 0.25) is 0 Å². The Kier molecular flexibility index (Phi) is 9.72. The van der Waals surface area contributed by atoms with E-state index >= 15 is 0 Å². The van der Waals surface area contributed by atoms with Gasteiger partial charge in [0.25, 0.3) is 0 Å². The van der Waals surface area contributed by atoms with Crippen LogP contribution in [0.2, 0.25) is 0 Å². The molecule has 0 radical (unpaired) electrons. The average Bonchev–Trinajstić information content (AvgIpc) is 2.79. The smallest absolute Gasteiger partial charge is 0.546 e. The second kappa shape index (κ2) is 12.2. The van der Waals surface area contributed by atoms with Crippen molar-refractivity contribution in [3.63, 3.8) is 0 Å². The summed E-state index contributed by atoms with van der Waals surface area (Å²) in [4.78, 5) is 23.6. The van der Waals surface area contributed by atoms with E-state index in [4.69, 9.17) is 4.74 Å². The molecule has 0 bridgehead atoms. The Bertz CT molecular complexity index is 1210. The Balaban J connectivity index is 0.00000385. The van der Waals surface area contributed by atoms with Crippen LogP contribution < -0.4 is 44.7 Å². The number of fused-ring (bicyclic) bond motifs is 1. The number of anilines is 1. The number of aliphatic imine (C=N–C) groups is 1. The molecule has 3 rings (SSSR count). The summed E-state index contributed by atoms with van der Waals surface area (Å²) < 4.78 is 18.8. The fourth-order valence-electron chi connectivity index (χ4n) is 2.90. The molecule has 0 atom stereocenters. The maximum atomic E-state index is 13.4. The molecule has 0 aliphatic heterocycles. The average molecular weight is 456 g/mol. The van der Waals surface area contributed by atoms with Crippen LogP contribution in [0.15, 0.2) is 72.0 Å². The molecular formula is C24H22FN4NaO3. The van der Waals surface area contributed by atoms with E-state index in [1.54, 1.807) is 25.2 Å². The quantitative estimate of drug-likeness (QED) is 0.280. The first-order valence-electron chi connectivity index (χ1n) is 9.78. The van der Waals surface area contributed by atoms with Crippen LogP contribution in [-0.4, -0.2) is 41.8 Å². The van der Waals surface area contributed by atoms with Crippen LogP contribution in [-0.2, 0) is 4.79 Å². The molecule has 164 valence electrons. The van der Waals surface area contributed by atoms with Gasteiger partial charge in [-0.2, -0.15) is 0 Å². The first kappa shape index (κ1) is 26.2. The molecule has 0 amide bonds.